The van der Waals surface area contributed by atoms with Gasteiger partial charge >= 0.3 is 6.03 Å². The van der Waals surface area contributed by atoms with Crippen LogP contribution < -0.4 is 65.1 Å². The fraction of sp³-hybridized carbons (Fsp3) is 0.571. The summed E-state index contributed by atoms with van der Waals surface area (Å²) in [6.45, 7) is 1.52. The average Bonchev–Trinajstić information content (AvgIpc) is 1.69. The lowest BCUT2D eigenvalue weighted by Crippen LogP contribution is -2.58. The summed E-state index contributed by atoms with van der Waals surface area (Å²) in [5.41, 5.74) is 19.3. The summed E-state index contributed by atoms with van der Waals surface area (Å²) >= 11 is 1.85. The number of urea groups is 1. The Hall–Kier alpha value is -8.72. The average molecular weight is 1340 g/mol. The molecule has 0 aliphatic carbocycles. The number of ether oxygens (including phenoxy) is 3. The predicted molar refractivity (Wildman–Crippen MR) is 350 cm³/mol. The van der Waals surface area contributed by atoms with Crippen LogP contribution in [0, 0.1) is 5.92 Å². The van der Waals surface area contributed by atoms with E-state index in [0.29, 0.717) is 42.2 Å². The van der Waals surface area contributed by atoms with Gasteiger partial charge in [0, 0.05) is 99.0 Å². The quantitative estimate of drug-likeness (QED) is 0.0132. The van der Waals surface area contributed by atoms with Gasteiger partial charge in [-0.15, -0.1) is 5.10 Å². The Kier molecular flexibility index (Phi) is 29.5. The first-order valence-corrected chi connectivity index (χ1v) is 33.2. The molecule has 3 aliphatic rings. The second-order valence-corrected chi connectivity index (χ2v) is 25.1. The molecule has 16 N–H and O–H groups in total. The number of benzene rings is 2. The fourth-order valence-electron chi connectivity index (χ4n) is 11.4. The highest BCUT2D eigenvalue weighted by Crippen LogP contribution is 2.33. The number of ketones is 1. The summed E-state index contributed by atoms with van der Waals surface area (Å²) in [4.78, 5) is 141. The number of primary amides is 1. The minimum absolute atomic E-state index is 0.00545. The topological polar surface area (TPSA) is 453 Å². The van der Waals surface area contributed by atoms with Gasteiger partial charge in [-0.2, -0.15) is 11.8 Å². The molecule has 2 fully saturated rings. The molecule has 95 heavy (non-hydrogen) atoms. The number of aliphatic hydroxyl groups excluding tert-OH is 1. The van der Waals surface area contributed by atoms with Crippen LogP contribution in [0.5, 0.6) is 0 Å². The number of fused-ring (bicyclic) bond motifs is 4. The zero-order chi connectivity index (χ0) is 68.2. The largest absolute Gasteiger partial charge is 0.394 e. The SMILES string of the molecule is C[C@H]1CC(=O)[C@@H](CCCN=C(N)N)NC(=O)[C@@H](Cc2ccccc2)NC(=O)[C@@H](NC(=O)COCCOCCOCCNC(=O)CCCC[C@@H]2SC[C@@H]3NC(=O)N[C@@H]32)Cc2cn(nn2)CCCC[C@@H](C(N)=O)NC(=O)[C@@H](CO)NC(=O)[C@H](Cc2cn(C)c3ccccc23)NC1=O. The fourth-order valence-corrected chi connectivity index (χ4v) is 12.9. The van der Waals surface area contributed by atoms with Crippen molar-refractivity contribution in [3.05, 3.63) is 83.8 Å². The first kappa shape index (κ1) is 73.7. The van der Waals surface area contributed by atoms with E-state index in [2.05, 4.69) is 63.2 Å². The molecular weight excluding hydrogens is 1250 g/mol. The molecule has 32 heteroatoms. The van der Waals surface area contributed by atoms with Gasteiger partial charge in [-0.1, -0.05) is 67.1 Å². The molecule has 7 rings (SSSR count). The highest BCUT2D eigenvalue weighted by Gasteiger charge is 2.43. The third-order valence-corrected chi connectivity index (χ3v) is 17.9. The van der Waals surface area contributed by atoms with E-state index in [1.807, 2.05) is 47.6 Å². The van der Waals surface area contributed by atoms with Crippen molar-refractivity contribution < 1.29 is 67.3 Å². The number of rotatable bonds is 27. The molecule has 0 radical (unpaired) electrons. The third kappa shape index (κ3) is 23.9. The predicted octanol–water partition coefficient (Wildman–Crippen LogP) is -2.09. The van der Waals surface area contributed by atoms with E-state index in [1.165, 1.54) is 11.6 Å². The Morgan fingerprint density at radius 1 is 0.716 bits per heavy atom. The maximum absolute atomic E-state index is 14.7. The normalized spacial score (nSPS) is 23.5. The Balaban J connectivity index is 1.01. The van der Waals surface area contributed by atoms with Crippen LogP contribution in [0.1, 0.15) is 88.0 Å². The van der Waals surface area contributed by atoms with Crippen molar-refractivity contribution in [2.75, 3.05) is 65.1 Å². The molecule has 2 aromatic carbocycles. The molecule has 0 saturated carbocycles. The lowest BCUT2D eigenvalue weighted by atomic mass is 9.95. The van der Waals surface area contributed by atoms with Crippen LogP contribution in [0.25, 0.3) is 10.9 Å². The summed E-state index contributed by atoms with van der Waals surface area (Å²) in [7, 11) is 1.81. The zero-order valence-electron chi connectivity index (χ0n) is 53.7. The number of Topliss-reactive ketones (excluding diaryl/α,β-unsaturated/α-hetero) is 1. The Morgan fingerprint density at radius 3 is 2.15 bits per heavy atom. The van der Waals surface area contributed by atoms with Crippen LogP contribution in [0.4, 0.5) is 4.79 Å². The van der Waals surface area contributed by atoms with Gasteiger partial charge < -0.3 is 88.9 Å². The maximum Gasteiger partial charge on any atom is 0.315 e. The van der Waals surface area contributed by atoms with E-state index in [1.54, 1.807) is 42.7 Å². The van der Waals surface area contributed by atoms with E-state index < -0.39 is 109 Å². The van der Waals surface area contributed by atoms with Crippen LogP contribution in [0.2, 0.25) is 0 Å². The van der Waals surface area contributed by atoms with Crippen molar-refractivity contribution in [1.29, 1.82) is 0 Å². The molecule has 10 atom stereocenters. The highest BCUT2D eigenvalue weighted by molar-refractivity contribution is 8.00. The number of thioether (sulfide) groups is 1. The van der Waals surface area contributed by atoms with Crippen LogP contribution in [-0.2, 0) is 90.2 Å². The van der Waals surface area contributed by atoms with Gasteiger partial charge in [-0.3, -0.25) is 52.8 Å². The Bertz CT molecular complexity index is 3270. The first-order valence-electron chi connectivity index (χ1n) is 32.2. The van der Waals surface area contributed by atoms with Crippen molar-refractivity contribution >= 4 is 87.7 Å². The number of nitrogens with two attached hydrogens (primary N) is 3. The molecule has 0 unspecified atom stereocenters. The van der Waals surface area contributed by atoms with Gasteiger partial charge in [-0.25, -0.2) is 4.79 Å². The number of guanidine groups is 1. The van der Waals surface area contributed by atoms with E-state index in [9.17, 15) is 53.1 Å². The maximum atomic E-state index is 14.7. The lowest BCUT2D eigenvalue weighted by molar-refractivity contribution is -0.136. The second kappa shape index (κ2) is 38.0. The summed E-state index contributed by atoms with van der Waals surface area (Å²) in [6, 6.07) is 8.13. The van der Waals surface area contributed by atoms with Crippen molar-refractivity contribution in [2.45, 2.75) is 151 Å². The summed E-state index contributed by atoms with van der Waals surface area (Å²) < 4.78 is 20.1. The monoisotopic (exact) mass is 1340 g/mol. The number of nitrogens with zero attached hydrogens (tertiary/aromatic N) is 5. The Labute approximate surface area is 554 Å². The van der Waals surface area contributed by atoms with Gasteiger partial charge in [0.1, 0.15) is 36.8 Å². The molecule has 518 valence electrons. The molecule has 10 amide bonds. The number of para-hydroxylation sites is 1. The number of carbonyl (C=O) groups is 10. The standard InChI is InChI=1S/C63H91N17O14S/c1-38-29-51(82)43(17-12-21-68-62(65)66)70-58(87)45(30-39-13-4-3-5-14-39)73-60(89)47(69-54(84)36-94-28-27-93-26-25-92-24-22-67-53(83)20-9-8-19-52-55-49(37-95-52)75-63(91)76-55)32-41-34-80(78-77-41)23-11-10-16-44(56(64)85)71-61(90)48(35-81)74-59(88)46(72-57(38)86)31-40-33-79(2)50-18-7-6-15-42(40)50/h3-7,13-15,18,33-34,38,43-49,52,55,81H,8-12,16-17,19-32,35-37H2,1-2H3,(H2,64,85)(H,67,83)(H,69,84)(H,70,87)(H,71,90)(H,72,86)(H,73,89)(H,74,88)(H4,65,66,68)(H2,75,76,91)/t38-,43+,44-,45+,46-,47-,48+,49-,52-,55-/m0/s1. The van der Waals surface area contributed by atoms with Crippen LogP contribution in [-0.4, -0.2) is 208 Å². The first-order chi connectivity index (χ1) is 45.7. The van der Waals surface area contributed by atoms with Crippen molar-refractivity contribution in [2.24, 2.45) is 35.2 Å². The van der Waals surface area contributed by atoms with Crippen molar-refractivity contribution in [1.82, 2.24) is 67.4 Å². The molecule has 4 aromatic rings. The summed E-state index contributed by atoms with van der Waals surface area (Å²) in [6.07, 6.45) is 6.34. The van der Waals surface area contributed by atoms with Crippen LogP contribution >= 0.6 is 11.8 Å². The molecule has 3 aliphatic heterocycles. The minimum atomic E-state index is -1.60. The highest BCUT2D eigenvalue weighted by atomic mass is 32.2. The smallest absolute Gasteiger partial charge is 0.315 e. The van der Waals surface area contributed by atoms with Gasteiger partial charge in [0.15, 0.2) is 11.7 Å². The number of aromatic nitrogens is 4. The number of hydrogen-bond acceptors (Lipinski definition) is 18. The van der Waals surface area contributed by atoms with Gasteiger partial charge in [0.2, 0.25) is 47.3 Å². The molecule has 31 nitrogen and oxygen atoms in total. The summed E-state index contributed by atoms with van der Waals surface area (Å²) in [5.74, 6) is -6.79. The molecule has 2 saturated heterocycles. The second-order valence-electron chi connectivity index (χ2n) is 23.9. The van der Waals surface area contributed by atoms with Gasteiger partial charge in [0.25, 0.3) is 0 Å². The number of carbonyl (C=O) groups excluding carboxylic acids is 10. The lowest BCUT2D eigenvalue weighted by Gasteiger charge is -2.26. The number of amides is 10. The van der Waals surface area contributed by atoms with Gasteiger partial charge in [0.05, 0.1) is 63.5 Å². The van der Waals surface area contributed by atoms with E-state index in [4.69, 9.17) is 31.4 Å². The number of unbranched alkanes of at least 4 members (excludes halogenated alkanes) is 1. The number of aliphatic imine (C=N–C) groups is 1. The number of hydrogen-bond donors (Lipinski definition) is 13. The van der Waals surface area contributed by atoms with Gasteiger partial charge in [-0.05, 0) is 62.1 Å². The van der Waals surface area contributed by atoms with E-state index in [0.717, 1.165) is 35.9 Å². The zero-order valence-corrected chi connectivity index (χ0v) is 54.5. The number of aryl methyl sites for hydroxylation is 2. The molecule has 0 spiro atoms. The molecule has 2 bridgehead atoms. The van der Waals surface area contributed by atoms with E-state index in [-0.39, 0.29) is 120 Å². The van der Waals surface area contributed by atoms with Crippen LogP contribution in [0.15, 0.2) is 72.0 Å². The molecular formula is C63H91N17O14S. The van der Waals surface area contributed by atoms with E-state index >= 15 is 0 Å². The van der Waals surface area contributed by atoms with Crippen LogP contribution in [0.3, 0.4) is 0 Å². The Morgan fingerprint density at radius 2 is 1.40 bits per heavy atom. The number of nitrogens with one attached hydrogen (secondary N) is 9. The molecule has 5 heterocycles. The minimum Gasteiger partial charge on any atom is -0.394 e. The number of aliphatic hydroxyl groups is 1. The third-order valence-electron chi connectivity index (χ3n) is 16.4. The van der Waals surface area contributed by atoms with Crippen molar-refractivity contribution in [3.8, 4) is 0 Å². The van der Waals surface area contributed by atoms with Crippen molar-refractivity contribution in [3.63, 3.8) is 0 Å². The summed E-state index contributed by atoms with van der Waals surface area (Å²) in [5, 5.41) is 44.9. The molecule has 2 aromatic heterocycles.